The normalized spacial score (nSPS) is 22.7. The number of benzene rings is 1. The fraction of sp³-hybridized carbons (Fsp3) is 0.625. The van der Waals surface area contributed by atoms with Gasteiger partial charge in [0, 0.05) is 25.7 Å². The van der Waals surface area contributed by atoms with E-state index < -0.39 is 10.0 Å². The molecule has 0 bridgehead atoms. The summed E-state index contributed by atoms with van der Waals surface area (Å²) in [5, 5.41) is 3.33. The molecule has 0 saturated carbocycles. The van der Waals surface area contributed by atoms with Crippen molar-refractivity contribution in [3.63, 3.8) is 0 Å². The molecule has 1 unspecified atom stereocenters. The van der Waals surface area contributed by atoms with Gasteiger partial charge < -0.3 is 10.1 Å². The largest absolute Gasteiger partial charge is 0.379 e. The molecule has 0 aromatic heterocycles. The lowest BCUT2D eigenvalue weighted by Crippen LogP contribution is -2.43. The second-order valence-corrected chi connectivity index (χ2v) is 8.16. The summed E-state index contributed by atoms with van der Waals surface area (Å²) in [5.41, 5.74) is 2.13. The van der Waals surface area contributed by atoms with E-state index in [1.807, 2.05) is 6.07 Å². The van der Waals surface area contributed by atoms with Crippen LogP contribution in [0.25, 0.3) is 0 Å². The highest BCUT2D eigenvalue weighted by atomic mass is 32.2. The fourth-order valence-electron chi connectivity index (χ4n) is 3.31. The van der Waals surface area contributed by atoms with E-state index in [-0.39, 0.29) is 17.6 Å². The number of aryl methyl sites for hydroxylation is 1. The van der Waals surface area contributed by atoms with Crippen LogP contribution in [0.1, 0.15) is 30.0 Å². The quantitative estimate of drug-likeness (QED) is 0.880. The Morgan fingerprint density at radius 1 is 1.30 bits per heavy atom. The van der Waals surface area contributed by atoms with Crippen LogP contribution in [0.4, 0.5) is 4.39 Å². The van der Waals surface area contributed by atoms with Crippen LogP contribution in [0.15, 0.2) is 18.2 Å². The monoisotopic (exact) mass is 342 g/mol. The van der Waals surface area contributed by atoms with Crippen LogP contribution in [-0.2, 0) is 21.2 Å². The lowest BCUT2D eigenvalue weighted by atomic mass is 9.87. The molecule has 2 aliphatic rings. The van der Waals surface area contributed by atoms with Crippen molar-refractivity contribution in [3.8, 4) is 0 Å². The maximum atomic E-state index is 13.3. The molecule has 3 rings (SSSR count). The average molecular weight is 342 g/mol. The Labute approximate surface area is 136 Å². The molecule has 1 aliphatic carbocycles. The smallest absolute Gasteiger partial charge is 0.215 e. The zero-order valence-electron chi connectivity index (χ0n) is 13.1. The molecule has 1 N–H and O–H groups in total. The Balaban J connectivity index is 1.57. The van der Waals surface area contributed by atoms with Crippen molar-refractivity contribution in [2.75, 3.05) is 38.6 Å². The van der Waals surface area contributed by atoms with Gasteiger partial charge in [0.1, 0.15) is 5.82 Å². The lowest BCUT2D eigenvalue weighted by Gasteiger charge is -2.28. The van der Waals surface area contributed by atoms with Gasteiger partial charge in [0.05, 0.1) is 19.0 Å². The topological polar surface area (TPSA) is 58.6 Å². The highest BCUT2D eigenvalue weighted by Gasteiger charge is 2.25. The molecule has 1 aromatic rings. The number of halogens is 1. The first-order valence-electron chi connectivity index (χ1n) is 8.13. The van der Waals surface area contributed by atoms with E-state index in [0.717, 1.165) is 30.4 Å². The molecule has 128 valence electrons. The molecule has 1 saturated heterocycles. The standard InChI is InChI=1S/C16H23FN2O3S/c17-14-4-5-15-13(12-14)2-1-3-16(15)18-6-11-23(20,21)19-7-9-22-10-8-19/h4-5,12,16,18H,1-3,6-11H2. The van der Waals surface area contributed by atoms with E-state index in [9.17, 15) is 12.8 Å². The van der Waals surface area contributed by atoms with E-state index >= 15 is 0 Å². The molecular weight excluding hydrogens is 319 g/mol. The predicted octanol–water partition coefficient (Wildman–Crippen LogP) is 1.45. The zero-order valence-corrected chi connectivity index (χ0v) is 13.9. The molecule has 7 heteroatoms. The Hall–Kier alpha value is -1.02. The number of ether oxygens (including phenoxy) is 1. The number of morpholine rings is 1. The maximum absolute atomic E-state index is 13.3. The van der Waals surface area contributed by atoms with Gasteiger partial charge in [0.25, 0.3) is 0 Å². The number of rotatable bonds is 5. The molecule has 1 atom stereocenters. The van der Waals surface area contributed by atoms with Crippen molar-refractivity contribution in [3.05, 3.63) is 35.1 Å². The van der Waals surface area contributed by atoms with Crippen molar-refractivity contribution in [1.29, 1.82) is 0 Å². The first-order valence-corrected chi connectivity index (χ1v) is 9.74. The summed E-state index contributed by atoms with van der Waals surface area (Å²) >= 11 is 0. The van der Waals surface area contributed by atoms with Gasteiger partial charge >= 0.3 is 0 Å². The van der Waals surface area contributed by atoms with E-state index in [4.69, 9.17) is 4.74 Å². The van der Waals surface area contributed by atoms with Crippen LogP contribution in [-0.4, -0.2) is 51.3 Å². The Bertz CT molecular complexity index is 645. The van der Waals surface area contributed by atoms with Gasteiger partial charge in [-0.25, -0.2) is 12.8 Å². The Kier molecular flexibility index (Phi) is 5.31. The number of sulfonamides is 1. The van der Waals surface area contributed by atoms with Crippen LogP contribution in [0.2, 0.25) is 0 Å². The Morgan fingerprint density at radius 3 is 2.87 bits per heavy atom. The SMILES string of the molecule is O=S(=O)(CCNC1CCCc2cc(F)ccc21)N1CCOCC1. The number of hydrogen-bond acceptors (Lipinski definition) is 4. The summed E-state index contributed by atoms with van der Waals surface area (Å²) < 4.78 is 44.6. The first kappa shape index (κ1) is 16.8. The van der Waals surface area contributed by atoms with Crippen LogP contribution in [0.3, 0.4) is 0 Å². The third-order valence-corrected chi connectivity index (χ3v) is 6.41. The summed E-state index contributed by atoms with van der Waals surface area (Å²) in [7, 11) is -3.24. The van der Waals surface area contributed by atoms with E-state index in [2.05, 4.69) is 5.32 Å². The second-order valence-electron chi connectivity index (χ2n) is 6.07. The number of fused-ring (bicyclic) bond motifs is 1. The third-order valence-electron chi connectivity index (χ3n) is 4.53. The van der Waals surface area contributed by atoms with Gasteiger partial charge in [-0.15, -0.1) is 0 Å². The summed E-state index contributed by atoms with van der Waals surface area (Å²) in [4.78, 5) is 0. The van der Waals surface area contributed by atoms with Crippen molar-refractivity contribution in [1.82, 2.24) is 9.62 Å². The number of nitrogens with one attached hydrogen (secondary N) is 1. The van der Waals surface area contributed by atoms with Crippen LogP contribution < -0.4 is 5.32 Å². The van der Waals surface area contributed by atoms with Crippen LogP contribution in [0, 0.1) is 5.82 Å². The van der Waals surface area contributed by atoms with Crippen LogP contribution in [0.5, 0.6) is 0 Å². The molecule has 0 radical (unpaired) electrons. The molecule has 1 aromatic carbocycles. The highest BCUT2D eigenvalue weighted by Crippen LogP contribution is 2.30. The van der Waals surface area contributed by atoms with Crippen molar-refractivity contribution < 1.29 is 17.5 Å². The van der Waals surface area contributed by atoms with Crippen LogP contribution >= 0.6 is 0 Å². The predicted molar refractivity (Wildman–Crippen MR) is 86.3 cm³/mol. The van der Waals surface area contributed by atoms with Gasteiger partial charge in [-0.1, -0.05) is 6.07 Å². The molecule has 5 nitrogen and oxygen atoms in total. The van der Waals surface area contributed by atoms with E-state index in [1.165, 1.54) is 10.4 Å². The molecule has 0 spiro atoms. The minimum absolute atomic E-state index is 0.0834. The lowest BCUT2D eigenvalue weighted by molar-refractivity contribution is 0.0730. The van der Waals surface area contributed by atoms with Crippen molar-refractivity contribution in [2.24, 2.45) is 0 Å². The zero-order chi connectivity index (χ0) is 16.3. The number of nitrogens with zero attached hydrogens (tertiary/aromatic N) is 1. The Morgan fingerprint density at radius 2 is 2.09 bits per heavy atom. The van der Waals surface area contributed by atoms with Gasteiger partial charge in [-0.2, -0.15) is 4.31 Å². The first-order chi connectivity index (χ1) is 11.1. The van der Waals surface area contributed by atoms with Crippen molar-refractivity contribution in [2.45, 2.75) is 25.3 Å². The summed E-state index contributed by atoms with van der Waals surface area (Å²) in [6.45, 7) is 2.21. The van der Waals surface area contributed by atoms with Gasteiger partial charge in [-0.3, -0.25) is 0 Å². The van der Waals surface area contributed by atoms with E-state index in [0.29, 0.717) is 32.8 Å². The highest BCUT2D eigenvalue weighted by molar-refractivity contribution is 7.89. The minimum atomic E-state index is -3.24. The van der Waals surface area contributed by atoms with Crippen molar-refractivity contribution >= 4 is 10.0 Å². The summed E-state index contributed by atoms with van der Waals surface area (Å²) in [6, 6.07) is 4.99. The van der Waals surface area contributed by atoms with Gasteiger partial charge in [0.2, 0.25) is 10.0 Å². The van der Waals surface area contributed by atoms with Gasteiger partial charge in [-0.05, 0) is 42.5 Å². The van der Waals surface area contributed by atoms with E-state index in [1.54, 1.807) is 6.07 Å². The number of hydrogen-bond donors (Lipinski definition) is 1. The molecule has 23 heavy (non-hydrogen) atoms. The maximum Gasteiger partial charge on any atom is 0.215 e. The summed E-state index contributed by atoms with van der Waals surface area (Å²) in [6.07, 6.45) is 2.83. The molecule has 0 amide bonds. The molecule has 1 fully saturated rings. The average Bonchev–Trinajstić information content (AvgIpc) is 2.55. The van der Waals surface area contributed by atoms with Gasteiger partial charge in [0.15, 0.2) is 0 Å². The third kappa shape index (κ3) is 4.09. The molecule has 1 aliphatic heterocycles. The fourth-order valence-corrected chi connectivity index (χ4v) is 4.65. The molecular formula is C16H23FN2O3S. The second kappa shape index (κ2) is 7.25. The minimum Gasteiger partial charge on any atom is -0.379 e. The molecule has 1 heterocycles. The summed E-state index contributed by atoms with van der Waals surface area (Å²) in [5.74, 6) is -0.126.